The number of rotatable bonds is 7. The van der Waals surface area contributed by atoms with E-state index in [0.29, 0.717) is 0 Å². The first-order chi connectivity index (χ1) is 32.7. The van der Waals surface area contributed by atoms with E-state index in [0.717, 1.165) is 11.4 Å². The molecular formula is C65H47N. The first-order valence-electron chi connectivity index (χ1n) is 23.6. The van der Waals surface area contributed by atoms with E-state index in [4.69, 9.17) is 0 Å². The van der Waals surface area contributed by atoms with Gasteiger partial charge >= 0.3 is 0 Å². The van der Waals surface area contributed by atoms with Crippen molar-refractivity contribution in [2.75, 3.05) is 4.90 Å². The second-order valence-electron chi connectivity index (χ2n) is 18.3. The van der Waals surface area contributed by atoms with Crippen LogP contribution in [0.1, 0.15) is 36.8 Å². The van der Waals surface area contributed by atoms with Gasteiger partial charge < -0.3 is 4.90 Å². The highest BCUT2D eigenvalue weighted by Gasteiger charge is 2.45. The molecule has 0 unspecified atom stereocenters. The molecule has 0 N–H and O–H groups in total. The Hall–Kier alpha value is -8.00. The van der Waals surface area contributed by atoms with Crippen LogP contribution in [0.25, 0.3) is 88.0 Å². The molecule has 0 aromatic heterocycles. The van der Waals surface area contributed by atoms with E-state index in [1.54, 1.807) is 0 Å². The largest absolute Gasteiger partial charge is 0.310 e. The van der Waals surface area contributed by atoms with Gasteiger partial charge in [-0.1, -0.05) is 207 Å². The smallest absolute Gasteiger partial charge is 0.0468 e. The molecule has 1 nitrogen and oxygen atoms in total. The number of anilines is 3. The van der Waals surface area contributed by atoms with E-state index < -0.39 is 0 Å². The van der Waals surface area contributed by atoms with E-state index in [1.165, 1.54) is 130 Å². The molecule has 66 heavy (non-hydrogen) atoms. The average molecular weight is 842 g/mol. The van der Waals surface area contributed by atoms with Gasteiger partial charge in [0.2, 0.25) is 0 Å². The molecule has 0 heterocycles. The first kappa shape index (κ1) is 38.5. The third-order valence-electron chi connectivity index (χ3n) is 14.8. The Morgan fingerprint density at radius 3 is 1.48 bits per heavy atom. The third kappa shape index (κ3) is 6.07. The van der Waals surface area contributed by atoms with E-state index in [1.807, 2.05) is 0 Å². The summed E-state index contributed by atoms with van der Waals surface area (Å²) >= 11 is 0. The van der Waals surface area contributed by atoms with Gasteiger partial charge in [-0.25, -0.2) is 0 Å². The van der Waals surface area contributed by atoms with Gasteiger partial charge in [-0.15, -0.1) is 0 Å². The maximum atomic E-state index is 2.54. The molecule has 11 aromatic carbocycles. The highest BCUT2D eigenvalue weighted by molar-refractivity contribution is 6.33. The molecular weight excluding hydrogens is 795 g/mol. The lowest BCUT2D eigenvalue weighted by Gasteiger charge is -2.30. The minimum atomic E-state index is 0.0596. The molecule has 0 radical (unpaired) electrons. The van der Waals surface area contributed by atoms with Crippen molar-refractivity contribution in [3.8, 4) is 55.6 Å². The van der Waals surface area contributed by atoms with Gasteiger partial charge in [-0.3, -0.25) is 0 Å². The molecule has 11 aromatic rings. The van der Waals surface area contributed by atoms with Crippen LogP contribution in [-0.2, 0) is 5.41 Å². The fourth-order valence-electron chi connectivity index (χ4n) is 11.9. The average Bonchev–Trinajstić information content (AvgIpc) is 4.00. The number of nitrogens with zero attached hydrogens (tertiary/aromatic N) is 1. The summed E-state index contributed by atoms with van der Waals surface area (Å²) in [6.07, 6.45) is 4.91. The van der Waals surface area contributed by atoms with Crippen LogP contribution in [0.5, 0.6) is 0 Å². The van der Waals surface area contributed by atoms with Crippen LogP contribution in [0.15, 0.2) is 237 Å². The van der Waals surface area contributed by atoms with Crippen LogP contribution in [0.3, 0.4) is 0 Å². The maximum Gasteiger partial charge on any atom is 0.0468 e. The van der Waals surface area contributed by atoms with Gasteiger partial charge in [-0.05, 0) is 154 Å². The molecule has 2 aliphatic rings. The van der Waals surface area contributed by atoms with Crippen LogP contribution < -0.4 is 4.90 Å². The van der Waals surface area contributed by atoms with E-state index >= 15 is 0 Å². The van der Waals surface area contributed by atoms with Crippen LogP contribution >= 0.6 is 0 Å². The number of fused-ring (bicyclic) bond motifs is 11. The molecule has 1 heteroatoms. The Kier molecular flexibility index (Phi) is 9.10. The minimum absolute atomic E-state index is 0.0596. The van der Waals surface area contributed by atoms with Crippen molar-refractivity contribution in [1.29, 1.82) is 0 Å². The van der Waals surface area contributed by atoms with E-state index in [-0.39, 0.29) is 5.41 Å². The first-order valence-corrected chi connectivity index (χ1v) is 23.6. The minimum Gasteiger partial charge on any atom is -0.310 e. The van der Waals surface area contributed by atoms with Crippen molar-refractivity contribution < 1.29 is 0 Å². The highest BCUT2D eigenvalue weighted by Crippen LogP contribution is 2.58. The second kappa shape index (κ2) is 15.6. The molecule has 2 aliphatic carbocycles. The van der Waals surface area contributed by atoms with Gasteiger partial charge in [0.05, 0.1) is 0 Å². The van der Waals surface area contributed by atoms with E-state index in [2.05, 4.69) is 241 Å². The van der Waals surface area contributed by atoms with Crippen LogP contribution in [-0.4, -0.2) is 0 Å². The number of hydrogen-bond acceptors (Lipinski definition) is 1. The summed E-state index contributed by atoms with van der Waals surface area (Å²) in [5.41, 5.74) is 19.1. The lowest BCUT2D eigenvalue weighted by molar-refractivity contribution is 0.550. The molecule has 0 atom stereocenters. The zero-order chi connectivity index (χ0) is 43.6. The third-order valence-corrected chi connectivity index (χ3v) is 14.8. The van der Waals surface area contributed by atoms with Crippen molar-refractivity contribution in [3.63, 3.8) is 0 Å². The molecule has 1 fully saturated rings. The molecule has 0 aliphatic heterocycles. The van der Waals surface area contributed by atoms with Gasteiger partial charge in [-0.2, -0.15) is 0 Å². The lowest BCUT2D eigenvalue weighted by Crippen LogP contribution is -2.21. The van der Waals surface area contributed by atoms with Gasteiger partial charge in [0, 0.05) is 22.5 Å². The lowest BCUT2D eigenvalue weighted by atomic mass is 9.76. The van der Waals surface area contributed by atoms with Crippen molar-refractivity contribution in [1.82, 2.24) is 0 Å². The summed E-state index contributed by atoms with van der Waals surface area (Å²) in [6, 6.07) is 88.2. The summed E-state index contributed by atoms with van der Waals surface area (Å²) in [5.74, 6) is 0. The standard InChI is InChI=1S/C65H47N/c1-5-19-44(20-6-1)45-31-33-49(34-32-45)66(51-35-37-54-53-28-15-16-30-60(53)65(61(54)42-51)39-17-18-40-65)50-36-38-56-59(41-50)52-27-13-14-29-55(52)63-58(47-23-9-3-10-24-47)43-57(46-21-7-2-8-22-46)62(64(56)63)48-25-11-4-12-26-48/h1-16,19-38,41-43H,17-18,39-40H2. The normalized spacial score (nSPS) is 13.6. The van der Waals surface area contributed by atoms with Gasteiger partial charge in [0.25, 0.3) is 0 Å². The molecule has 312 valence electrons. The van der Waals surface area contributed by atoms with Crippen LogP contribution in [0.2, 0.25) is 0 Å². The molecule has 0 amide bonds. The quantitative estimate of drug-likeness (QED) is 0.145. The van der Waals surface area contributed by atoms with Gasteiger partial charge in [0.15, 0.2) is 0 Å². The summed E-state index contributed by atoms with van der Waals surface area (Å²) in [7, 11) is 0. The number of benzene rings is 11. The molecule has 0 saturated heterocycles. The Bertz CT molecular complexity index is 3610. The molecule has 13 rings (SSSR count). The predicted octanol–water partition coefficient (Wildman–Crippen LogP) is 18.1. The van der Waals surface area contributed by atoms with Crippen molar-refractivity contribution >= 4 is 49.4 Å². The van der Waals surface area contributed by atoms with E-state index in [9.17, 15) is 0 Å². The second-order valence-corrected chi connectivity index (χ2v) is 18.3. The van der Waals surface area contributed by atoms with Crippen LogP contribution in [0.4, 0.5) is 17.1 Å². The Balaban J connectivity index is 1.10. The Morgan fingerprint density at radius 2 is 0.788 bits per heavy atom. The zero-order valence-electron chi connectivity index (χ0n) is 36.8. The summed E-state index contributed by atoms with van der Waals surface area (Å²) < 4.78 is 0. The summed E-state index contributed by atoms with van der Waals surface area (Å²) in [5, 5.41) is 7.55. The Labute approximate surface area is 386 Å². The Morgan fingerprint density at radius 1 is 0.288 bits per heavy atom. The van der Waals surface area contributed by atoms with Gasteiger partial charge in [0.1, 0.15) is 0 Å². The molecule has 1 spiro atoms. The molecule has 0 bridgehead atoms. The van der Waals surface area contributed by atoms with Crippen molar-refractivity contribution in [2.24, 2.45) is 0 Å². The topological polar surface area (TPSA) is 3.24 Å². The maximum absolute atomic E-state index is 2.54. The zero-order valence-corrected chi connectivity index (χ0v) is 36.8. The summed E-state index contributed by atoms with van der Waals surface area (Å²) in [4.78, 5) is 2.51. The molecule has 1 saturated carbocycles. The van der Waals surface area contributed by atoms with Crippen molar-refractivity contribution in [2.45, 2.75) is 31.1 Å². The van der Waals surface area contributed by atoms with Crippen molar-refractivity contribution in [3.05, 3.63) is 248 Å². The SMILES string of the molecule is c1ccc(-c2ccc(N(c3ccc4c(c3)C3(CCCC3)c3ccccc3-4)c3ccc4c(c3)c3ccccc3c3c(-c5ccccc5)cc(-c5ccccc5)c(-c5ccccc5)c43)cc2)cc1. The monoisotopic (exact) mass is 841 g/mol. The fraction of sp³-hybridized carbons (Fsp3) is 0.0769. The predicted molar refractivity (Wildman–Crippen MR) is 280 cm³/mol. The van der Waals surface area contributed by atoms with Crippen LogP contribution in [0, 0.1) is 0 Å². The highest BCUT2D eigenvalue weighted by atomic mass is 15.1. The number of hydrogen-bond donors (Lipinski definition) is 0. The fourth-order valence-corrected chi connectivity index (χ4v) is 11.9. The summed E-state index contributed by atoms with van der Waals surface area (Å²) in [6.45, 7) is 0.